The largest absolute Gasteiger partial charge is 0.366 e. The van der Waals surface area contributed by atoms with Gasteiger partial charge in [-0.25, -0.2) is 4.98 Å². The third-order valence-electron chi connectivity index (χ3n) is 2.07. The molecule has 1 unspecified atom stereocenters. The van der Waals surface area contributed by atoms with Crippen LogP contribution in [0.15, 0.2) is 6.33 Å². The molecule has 1 aromatic rings. The number of nitrogens with zero attached hydrogens (tertiary/aromatic N) is 1. The van der Waals surface area contributed by atoms with Crippen molar-refractivity contribution in [3.05, 3.63) is 17.7 Å². The minimum atomic E-state index is -0.910. The number of aryl methyl sites for hydroxylation is 1. The molecule has 1 aromatic heterocycles. The maximum Gasteiger partial charge on any atom is 0.166 e. The third-order valence-corrected chi connectivity index (χ3v) is 3.68. The predicted octanol–water partition coefficient (Wildman–Crippen LogP) is 0.0607. The third kappa shape index (κ3) is 4.28. The van der Waals surface area contributed by atoms with Crippen LogP contribution in [-0.2, 0) is 16.6 Å². The van der Waals surface area contributed by atoms with Gasteiger partial charge in [0.15, 0.2) is 5.11 Å². The van der Waals surface area contributed by atoms with Gasteiger partial charge in [-0.1, -0.05) is 0 Å². The van der Waals surface area contributed by atoms with Crippen molar-refractivity contribution in [2.45, 2.75) is 12.7 Å². The fraction of sp³-hybridized carbons (Fsp3) is 0.556. The first kappa shape index (κ1) is 13.1. The Morgan fingerprint density at radius 3 is 3.00 bits per heavy atom. The summed E-state index contributed by atoms with van der Waals surface area (Å²) in [5.41, 5.74) is 1.85. The Bertz CT molecular complexity index is 377. The predicted molar refractivity (Wildman–Crippen MR) is 69.7 cm³/mol. The van der Waals surface area contributed by atoms with Gasteiger partial charge in [0.1, 0.15) is 0 Å². The van der Waals surface area contributed by atoms with Crippen LogP contribution in [0.3, 0.4) is 0 Å². The number of hydrogen-bond acceptors (Lipinski definition) is 3. The zero-order valence-electron chi connectivity index (χ0n) is 9.37. The van der Waals surface area contributed by atoms with Gasteiger partial charge >= 0.3 is 0 Å². The molecule has 0 saturated carbocycles. The molecule has 16 heavy (non-hydrogen) atoms. The summed E-state index contributed by atoms with van der Waals surface area (Å²) in [6.07, 6.45) is 1.62. The number of imidazole rings is 1. The van der Waals surface area contributed by atoms with Crippen molar-refractivity contribution >= 4 is 28.1 Å². The minimum Gasteiger partial charge on any atom is -0.366 e. The van der Waals surface area contributed by atoms with E-state index in [2.05, 4.69) is 20.6 Å². The lowest BCUT2D eigenvalue weighted by molar-refractivity contribution is 0.680. The van der Waals surface area contributed by atoms with E-state index in [1.165, 1.54) is 0 Å². The zero-order chi connectivity index (χ0) is 12.0. The standard InChI is InChI=1S/C9H16N4OS2/c1-7-8(13-6-12-7)5-16(14)4-3-11-9(15)10-2/h6H,3-5H2,1-2H3,(H,12,13)(H2,10,11,15). The van der Waals surface area contributed by atoms with E-state index in [0.29, 0.717) is 23.2 Å². The van der Waals surface area contributed by atoms with E-state index in [-0.39, 0.29) is 0 Å². The van der Waals surface area contributed by atoms with Gasteiger partial charge in [0, 0.05) is 35.8 Å². The van der Waals surface area contributed by atoms with E-state index >= 15 is 0 Å². The van der Waals surface area contributed by atoms with Crippen LogP contribution in [0.1, 0.15) is 11.4 Å². The van der Waals surface area contributed by atoms with Crippen LogP contribution in [0.25, 0.3) is 0 Å². The van der Waals surface area contributed by atoms with E-state index in [1.54, 1.807) is 13.4 Å². The highest BCUT2D eigenvalue weighted by atomic mass is 32.2. The fourth-order valence-electron chi connectivity index (χ4n) is 1.12. The Morgan fingerprint density at radius 2 is 2.44 bits per heavy atom. The van der Waals surface area contributed by atoms with Gasteiger partial charge in [-0.2, -0.15) is 0 Å². The molecule has 3 N–H and O–H groups in total. The number of nitrogens with one attached hydrogen (secondary N) is 3. The van der Waals surface area contributed by atoms with E-state index in [0.717, 1.165) is 11.4 Å². The van der Waals surface area contributed by atoms with Crippen LogP contribution in [0, 0.1) is 6.92 Å². The second kappa shape index (κ2) is 6.59. The summed E-state index contributed by atoms with van der Waals surface area (Å²) in [6.45, 7) is 2.53. The first-order valence-electron chi connectivity index (χ1n) is 4.93. The van der Waals surface area contributed by atoms with Crippen LogP contribution in [-0.4, -0.2) is 38.6 Å². The number of rotatable bonds is 5. The normalized spacial score (nSPS) is 12.1. The van der Waals surface area contributed by atoms with Crippen LogP contribution in [0.5, 0.6) is 0 Å². The fourth-order valence-corrected chi connectivity index (χ4v) is 2.30. The SMILES string of the molecule is CNC(=S)NCCS(=O)Cc1nc[nH]c1C. The van der Waals surface area contributed by atoms with Crippen LogP contribution in [0.2, 0.25) is 0 Å². The summed E-state index contributed by atoms with van der Waals surface area (Å²) in [7, 11) is 0.839. The topological polar surface area (TPSA) is 69.8 Å². The van der Waals surface area contributed by atoms with Gasteiger partial charge in [-0.3, -0.25) is 4.21 Å². The quantitative estimate of drug-likeness (QED) is 0.653. The van der Waals surface area contributed by atoms with Gasteiger partial charge < -0.3 is 15.6 Å². The van der Waals surface area contributed by atoms with Crippen molar-refractivity contribution in [3.8, 4) is 0 Å². The summed E-state index contributed by atoms with van der Waals surface area (Å²) >= 11 is 4.91. The first-order valence-corrected chi connectivity index (χ1v) is 6.82. The smallest absolute Gasteiger partial charge is 0.166 e. The summed E-state index contributed by atoms with van der Waals surface area (Å²) in [4.78, 5) is 7.07. The molecule has 0 aliphatic rings. The molecule has 1 heterocycles. The molecular weight excluding hydrogens is 244 g/mol. The Morgan fingerprint density at radius 1 is 1.69 bits per heavy atom. The second-order valence-corrected chi connectivity index (χ2v) is 5.25. The van der Waals surface area contributed by atoms with Gasteiger partial charge in [0.25, 0.3) is 0 Å². The summed E-state index contributed by atoms with van der Waals surface area (Å²) in [5, 5.41) is 6.33. The lowest BCUT2D eigenvalue weighted by atomic mass is 10.4. The molecule has 0 aromatic carbocycles. The molecule has 0 saturated heterocycles. The van der Waals surface area contributed by atoms with Crippen molar-refractivity contribution in [2.24, 2.45) is 0 Å². The monoisotopic (exact) mass is 260 g/mol. The van der Waals surface area contributed by atoms with Crippen molar-refractivity contribution in [1.82, 2.24) is 20.6 Å². The molecule has 0 bridgehead atoms. The summed E-state index contributed by atoms with van der Waals surface area (Å²) in [5.74, 6) is 1.05. The van der Waals surface area contributed by atoms with E-state index < -0.39 is 10.8 Å². The number of aromatic amines is 1. The molecule has 0 spiro atoms. The van der Waals surface area contributed by atoms with Crippen molar-refractivity contribution in [2.75, 3.05) is 19.3 Å². The highest BCUT2D eigenvalue weighted by Gasteiger charge is 2.06. The summed E-state index contributed by atoms with van der Waals surface area (Å²) in [6, 6.07) is 0. The Balaban J connectivity index is 2.27. The molecular formula is C9H16N4OS2. The van der Waals surface area contributed by atoms with E-state index in [1.807, 2.05) is 6.92 Å². The van der Waals surface area contributed by atoms with Gasteiger partial charge in [0.05, 0.1) is 17.8 Å². The van der Waals surface area contributed by atoms with Crippen molar-refractivity contribution < 1.29 is 4.21 Å². The number of thiocarbonyl (C=S) groups is 1. The molecule has 90 valence electrons. The van der Waals surface area contributed by atoms with E-state index in [4.69, 9.17) is 12.2 Å². The first-order chi connectivity index (χ1) is 7.63. The second-order valence-electron chi connectivity index (χ2n) is 3.27. The maximum atomic E-state index is 11.7. The Hall–Kier alpha value is -0.950. The molecule has 0 amide bonds. The number of aromatic nitrogens is 2. The van der Waals surface area contributed by atoms with Gasteiger partial charge in [-0.05, 0) is 19.1 Å². The number of hydrogen-bond donors (Lipinski definition) is 3. The lowest BCUT2D eigenvalue weighted by Gasteiger charge is -2.06. The molecule has 7 heteroatoms. The average molecular weight is 260 g/mol. The molecule has 0 aliphatic heterocycles. The molecule has 1 atom stereocenters. The van der Waals surface area contributed by atoms with Crippen molar-refractivity contribution in [1.29, 1.82) is 0 Å². The van der Waals surface area contributed by atoms with Gasteiger partial charge in [0.2, 0.25) is 0 Å². The molecule has 0 fully saturated rings. The van der Waals surface area contributed by atoms with Crippen molar-refractivity contribution in [3.63, 3.8) is 0 Å². The Kier molecular flexibility index (Phi) is 5.41. The zero-order valence-corrected chi connectivity index (χ0v) is 11.0. The molecule has 0 aliphatic carbocycles. The minimum absolute atomic E-state index is 0.489. The highest BCUT2D eigenvalue weighted by Crippen LogP contribution is 2.03. The molecule has 0 radical (unpaired) electrons. The van der Waals surface area contributed by atoms with Crippen LogP contribution in [0.4, 0.5) is 0 Å². The maximum absolute atomic E-state index is 11.7. The van der Waals surface area contributed by atoms with Gasteiger partial charge in [-0.15, -0.1) is 0 Å². The van der Waals surface area contributed by atoms with Crippen LogP contribution >= 0.6 is 12.2 Å². The summed E-state index contributed by atoms with van der Waals surface area (Å²) < 4.78 is 11.7. The molecule has 5 nitrogen and oxygen atoms in total. The number of H-pyrrole nitrogens is 1. The Labute approximate surface area is 103 Å². The average Bonchev–Trinajstić information content (AvgIpc) is 2.64. The molecule has 1 rings (SSSR count). The van der Waals surface area contributed by atoms with Crippen LogP contribution < -0.4 is 10.6 Å². The lowest BCUT2D eigenvalue weighted by Crippen LogP contribution is -2.35. The highest BCUT2D eigenvalue weighted by molar-refractivity contribution is 7.84. The van der Waals surface area contributed by atoms with E-state index in [9.17, 15) is 4.21 Å².